The van der Waals surface area contributed by atoms with Crippen molar-refractivity contribution in [3.63, 3.8) is 0 Å². The smallest absolute Gasteiger partial charge is 0.231 e. The molecule has 1 amide bonds. The van der Waals surface area contributed by atoms with E-state index in [2.05, 4.69) is 0 Å². The summed E-state index contributed by atoms with van der Waals surface area (Å²) >= 11 is 0. The summed E-state index contributed by atoms with van der Waals surface area (Å²) in [6.45, 7) is 0.239. The molecule has 3 rings (SSSR count). The Bertz CT molecular complexity index is 479. The molecular weight excluding hydrogens is 194 g/mol. The number of hydrogen-bond donors (Lipinski definition) is 1. The lowest BCUT2D eigenvalue weighted by atomic mass is 10.00. The standard InChI is InChI=1S/C11H9NO3/c12-11(13)7-2-1-6-3-9-10(4-8(6)7)15-5-14-9/h1-4,7H,5H2,(H2,12,13). The average molecular weight is 203 g/mol. The van der Waals surface area contributed by atoms with E-state index in [0.717, 1.165) is 16.9 Å². The van der Waals surface area contributed by atoms with Gasteiger partial charge in [0.2, 0.25) is 12.7 Å². The number of ether oxygens (including phenoxy) is 2. The molecular formula is C11H9NO3. The van der Waals surface area contributed by atoms with E-state index in [9.17, 15) is 4.79 Å². The van der Waals surface area contributed by atoms with Gasteiger partial charge in [0.15, 0.2) is 11.5 Å². The maximum absolute atomic E-state index is 11.2. The molecule has 1 aliphatic heterocycles. The predicted octanol–water partition coefficient (Wildman–Crippen LogP) is 1.01. The number of carbonyl (C=O) groups is 1. The number of benzene rings is 1. The highest BCUT2D eigenvalue weighted by molar-refractivity contribution is 5.89. The molecule has 0 bridgehead atoms. The Labute approximate surface area is 86.3 Å². The molecule has 4 heteroatoms. The Hall–Kier alpha value is -1.97. The van der Waals surface area contributed by atoms with E-state index in [4.69, 9.17) is 15.2 Å². The van der Waals surface area contributed by atoms with Crippen molar-refractivity contribution in [3.05, 3.63) is 29.3 Å². The summed E-state index contributed by atoms with van der Waals surface area (Å²) in [6, 6.07) is 3.70. The maximum atomic E-state index is 11.2. The third-order valence-electron chi connectivity index (χ3n) is 2.69. The van der Waals surface area contributed by atoms with Crippen LogP contribution in [0, 0.1) is 0 Å². The van der Waals surface area contributed by atoms with Crippen LogP contribution in [-0.4, -0.2) is 12.7 Å². The van der Waals surface area contributed by atoms with Crippen molar-refractivity contribution in [2.45, 2.75) is 5.92 Å². The normalized spacial score (nSPS) is 20.4. The Morgan fingerprint density at radius 1 is 1.33 bits per heavy atom. The molecule has 1 heterocycles. The maximum Gasteiger partial charge on any atom is 0.231 e. The first-order valence-corrected chi connectivity index (χ1v) is 4.67. The first-order valence-electron chi connectivity index (χ1n) is 4.67. The Kier molecular flexibility index (Phi) is 1.54. The number of carbonyl (C=O) groups excluding carboxylic acids is 1. The average Bonchev–Trinajstić information content (AvgIpc) is 2.77. The zero-order valence-electron chi connectivity index (χ0n) is 7.90. The van der Waals surface area contributed by atoms with Crippen LogP contribution in [-0.2, 0) is 4.79 Å². The summed E-state index contributed by atoms with van der Waals surface area (Å²) in [5.41, 5.74) is 7.17. The molecule has 1 aliphatic carbocycles. The lowest BCUT2D eigenvalue weighted by molar-refractivity contribution is -0.118. The van der Waals surface area contributed by atoms with Crippen LogP contribution in [0.15, 0.2) is 18.2 Å². The van der Waals surface area contributed by atoms with Crippen LogP contribution in [0.4, 0.5) is 0 Å². The molecule has 1 unspecified atom stereocenters. The molecule has 1 atom stereocenters. The first kappa shape index (κ1) is 8.35. The topological polar surface area (TPSA) is 61.6 Å². The van der Waals surface area contributed by atoms with Crippen molar-refractivity contribution in [2.24, 2.45) is 5.73 Å². The van der Waals surface area contributed by atoms with Gasteiger partial charge in [-0.3, -0.25) is 4.79 Å². The molecule has 0 aromatic heterocycles. The van der Waals surface area contributed by atoms with E-state index in [-0.39, 0.29) is 18.6 Å². The number of rotatable bonds is 1. The fourth-order valence-corrected chi connectivity index (χ4v) is 1.94. The second-order valence-corrected chi connectivity index (χ2v) is 3.57. The monoisotopic (exact) mass is 203 g/mol. The fourth-order valence-electron chi connectivity index (χ4n) is 1.94. The van der Waals surface area contributed by atoms with Gasteiger partial charge in [0.05, 0.1) is 5.92 Å². The second-order valence-electron chi connectivity index (χ2n) is 3.57. The van der Waals surface area contributed by atoms with Crippen LogP contribution in [0.25, 0.3) is 6.08 Å². The van der Waals surface area contributed by atoms with E-state index >= 15 is 0 Å². The summed E-state index contributed by atoms with van der Waals surface area (Å²) < 4.78 is 10.5. The third kappa shape index (κ3) is 1.11. The minimum Gasteiger partial charge on any atom is -0.454 e. The van der Waals surface area contributed by atoms with Crippen molar-refractivity contribution in [1.29, 1.82) is 0 Å². The predicted molar refractivity (Wildman–Crippen MR) is 53.5 cm³/mol. The van der Waals surface area contributed by atoms with Gasteiger partial charge in [-0.1, -0.05) is 12.2 Å². The van der Waals surface area contributed by atoms with Crippen molar-refractivity contribution < 1.29 is 14.3 Å². The molecule has 0 saturated carbocycles. The molecule has 15 heavy (non-hydrogen) atoms. The van der Waals surface area contributed by atoms with Crippen LogP contribution in [0.3, 0.4) is 0 Å². The van der Waals surface area contributed by atoms with Crippen molar-refractivity contribution in [1.82, 2.24) is 0 Å². The fraction of sp³-hybridized carbons (Fsp3) is 0.182. The van der Waals surface area contributed by atoms with Gasteiger partial charge in [-0.25, -0.2) is 0 Å². The van der Waals surface area contributed by atoms with E-state index in [1.54, 1.807) is 6.08 Å². The molecule has 2 aliphatic rings. The van der Waals surface area contributed by atoms with Gasteiger partial charge in [-0.15, -0.1) is 0 Å². The highest BCUT2D eigenvalue weighted by Gasteiger charge is 2.26. The van der Waals surface area contributed by atoms with E-state index < -0.39 is 0 Å². The lowest BCUT2D eigenvalue weighted by Crippen LogP contribution is -2.18. The summed E-state index contributed by atoms with van der Waals surface area (Å²) in [5, 5.41) is 0. The van der Waals surface area contributed by atoms with Gasteiger partial charge in [-0.05, 0) is 23.3 Å². The van der Waals surface area contributed by atoms with E-state index in [1.165, 1.54) is 0 Å². The van der Waals surface area contributed by atoms with Crippen molar-refractivity contribution in [3.8, 4) is 11.5 Å². The minimum absolute atomic E-state index is 0.239. The zero-order valence-corrected chi connectivity index (χ0v) is 7.90. The highest BCUT2D eigenvalue weighted by Crippen LogP contribution is 2.40. The van der Waals surface area contributed by atoms with Crippen LogP contribution in [0.2, 0.25) is 0 Å². The van der Waals surface area contributed by atoms with Crippen LogP contribution in [0.5, 0.6) is 11.5 Å². The third-order valence-corrected chi connectivity index (χ3v) is 2.69. The quantitative estimate of drug-likeness (QED) is 0.740. The first-order chi connectivity index (χ1) is 7.25. The minimum atomic E-state index is -0.344. The zero-order chi connectivity index (χ0) is 10.4. The Balaban J connectivity index is 2.13. The number of hydrogen-bond acceptors (Lipinski definition) is 3. The van der Waals surface area contributed by atoms with Gasteiger partial charge in [0, 0.05) is 0 Å². The van der Waals surface area contributed by atoms with Crippen molar-refractivity contribution in [2.75, 3.05) is 6.79 Å². The highest BCUT2D eigenvalue weighted by atomic mass is 16.7. The van der Waals surface area contributed by atoms with Gasteiger partial charge in [-0.2, -0.15) is 0 Å². The number of amides is 1. The summed E-state index contributed by atoms with van der Waals surface area (Å²) in [4.78, 5) is 11.2. The molecule has 76 valence electrons. The Morgan fingerprint density at radius 3 is 2.80 bits per heavy atom. The molecule has 0 radical (unpaired) electrons. The van der Waals surface area contributed by atoms with E-state index in [1.807, 2.05) is 18.2 Å². The van der Waals surface area contributed by atoms with Gasteiger partial charge in [0.25, 0.3) is 0 Å². The number of primary amides is 1. The summed E-state index contributed by atoms with van der Waals surface area (Å²) in [7, 11) is 0. The van der Waals surface area contributed by atoms with Crippen LogP contribution < -0.4 is 15.2 Å². The van der Waals surface area contributed by atoms with Crippen molar-refractivity contribution >= 4 is 12.0 Å². The van der Waals surface area contributed by atoms with Gasteiger partial charge in [0.1, 0.15) is 0 Å². The second kappa shape index (κ2) is 2.76. The SMILES string of the molecule is NC(=O)C1C=Cc2cc3c(cc21)OCO3. The van der Waals surface area contributed by atoms with Gasteiger partial charge < -0.3 is 15.2 Å². The number of nitrogens with two attached hydrogens (primary N) is 1. The molecule has 0 fully saturated rings. The molecule has 1 aromatic carbocycles. The molecule has 4 nitrogen and oxygen atoms in total. The van der Waals surface area contributed by atoms with E-state index in [0.29, 0.717) is 5.75 Å². The van der Waals surface area contributed by atoms with Crippen LogP contribution >= 0.6 is 0 Å². The molecule has 1 aromatic rings. The molecule has 0 saturated heterocycles. The summed E-state index contributed by atoms with van der Waals surface area (Å²) in [6.07, 6.45) is 3.68. The van der Waals surface area contributed by atoms with Gasteiger partial charge >= 0.3 is 0 Å². The molecule has 2 N–H and O–H groups in total. The van der Waals surface area contributed by atoms with Crippen LogP contribution in [0.1, 0.15) is 17.0 Å². The molecule has 0 spiro atoms. The largest absolute Gasteiger partial charge is 0.454 e. The summed E-state index contributed by atoms with van der Waals surface area (Å²) in [5.74, 6) is 0.727. The number of fused-ring (bicyclic) bond motifs is 2. The Morgan fingerprint density at radius 2 is 2.07 bits per heavy atom. The lowest BCUT2D eigenvalue weighted by Gasteiger charge is -2.07.